The van der Waals surface area contributed by atoms with Gasteiger partial charge in [-0.1, -0.05) is 35.3 Å². The molecule has 21 heavy (non-hydrogen) atoms. The molecule has 110 valence electrons. The normalized spacial score (nSPS) is 14.2. The molecule has 0 spiro atoms. The summed E-state index contributed by atoms with van der Waals surface area (Å²) in [4.78, 5) is 0. The van der Waals surface area contributed by atoms with Crippen molar-refractivity contribution >= 4 is 46.4 Å². The van der Waals surface area contributed by atoms with Crippen LogP contribution < -0.4 is 11.1 Å². The highest BCUT2D eigenvalue weighted by atomic mass is 35.5. The Morgan fingerprint density at radius 1 is 1.33 bits per heavy atom. The van der Waals surface area contributed by atoms with Crippen LogP contribution in [0.15, 0.2) is 18.2 Å². The van der Waals surface area contributed by atoms with E-state index in [1.165, 1.54) is 0 Å². The molecule has 0 aliphatic carbocycles. The largest absolute Gasteiger partial charge is 0.374 e. The lowest BCUT2D eigenvalue weighted by Gasteiger charge is -2.06. The topological polar surface area (TPSA) is 55.9 Å². The summed E-state index contributed by atoms with van der Waals surface area (Å²) in [6, 6.07) is 5.53. The highest BCUT2D eigenvalue weighted by Gasteiger charge is 2.23. The van der Waals surface area contributed by atoms with E-state index in [0.29, 0.717) is 10.0 Å². The van der Waals surface area contributed by atoms with Crippen molar-refractivity contribution in [1.29, 1.82) is 0 Å². The lowest BCUT2D eigenvalue weighted by atomic mass is 10.0. The van der Waals surface area contributed by atoms with Crippen molar-refractivity contribution in [3.63, 3.8) is 0 Å². The maximum Gasteiger partial charge on any atom is 0.193 e. The second-order valence-electron chi connectivity index (χ2n) is 4.91. The summed E-state index contributed by atoms with van der Waals surface area (Å²) in [6.07, 6.45) is 3.08. The number of rotatable bonds is 1. The number of halogens is 2. The van der Waals surface area contributed by atoms with Crippen LogP contribution in [0.5, 0.6) is 0 Å². The summed E-state index contributed by atoms with van der Waals surface area (Å²) in [5.74, 6) is 0.867. The van der Waals surface area contributed by atoms with Gasteiger partial charge < -0.3 is 11.1 Å². The molecule has 3 rings (SSSR count). The van der Waals surface area contributed by atoms with Gasteiger partial charge in [0, 0.05) is 17.7 Å². The number of benzene rings is 1. The van der Waals surface area contributed by atoms with E-state index in [4.69, 9.17) is 41.2 Å². The van der Waals surface area contributed by atoms with E-state index in [2.05, 4.69) is 10.4 Å². The molecule has 0 amide bonds. The van der Waals surface area contributed by atoms with Crippen LogP contribution in [0, 0.1) is 0 Å². The number of nitrogens with zero attached hydrogens (tertiary/aromatic N) is 2. The third-order valence-electron chi connectivity index (χ3n) is 3.54. The van der Waals surface area contributed by atoms with Crippen LogP contribution in [0.1, 0.15) is 18.4 Å². The minimum Gasteiger partial charge on any atom is -0.374 e. The number of thiocarbonyl (C=S) groups is 1. The SMILES string of the molecule is NC(=S)n1nc(-c2cccc(Cl)c2Cl)c2c1NCCCC2. The van der Waals surface area contributed by atoms with Gasteiger partial charge in [0.25, 0.3) is 0 Å². The zero-order valence-corrected chi connectivity index (χ0v) is 13.5. The van der Waals surface area contributed by atoms with Crippen LogP contribution in [0.2, 0.25) is 10.0 Å². The van der Waals surface area contributed by atoms with Gasteiger partial charge in [-0.2, -0.15) is 9.78 Å². The molecule has 1 aliphatic heterocycles. The van der Waals surface area contributed by atoms with Crippen LogP contribution in [-0.2, 0) is 6.42 Å². The average molecular weight is 341 g/mol. The van der Waals surface area contributed by atoms with E-state index >= 15 is 0 Å². The predicted molar refractivity (Wildman–Crippen MR) is 91.3 cm³/mol. The van der Waals surface area contributed by atoms with Gasteiger partial charge in [0.15, 0.2) is 5.11 Å². The highest BCUT2D eigenvalue weighted by molar-refractivity contribution is 7.80. The lowest BCUT2D eigenvalue weighted by molar-refractivity contribution is 0.782. The maximum atomic E-state index is 6.33. The molecule has 1 aromatic carbocycles. The minimum atomic E-state index is 0.213. The van der Waals surface area contributed by atoms with Gasteiger partial charge in [0.05, 0.1) is 15.7 Å². The Bertz CT molecular complexity index is 711. The van der Waals surface area contributed by atoms with E-state index in [-0.39, 0.29) is 5.11 Å². The Morgan fingerprint density at radius 2 is 2.14 bits per heavy atom. The molecule has 4 nitrogen and oxygen atoms in total. The second-order valence-corrected chi connectivity index (χ2v) is 6.11. The minimum absolute atomic E-state index is 0.213. The van der Waals surface area contributed by atoms with Gasteiger partial charge in [0.1, 0.15) is 5.82 Å². The standard InChI is InChI=1S/C14H14Cl2N4S/c15-10-6-3-5-8(11(10)16)12-9-4-1-2-7-18-13(9)20(19-12)14(17)21/h3,5-6,18H,1-2,4,7H2,(H2,17,21). The summed E-state index contributed by atoms with van der Waals surface area (Å²) >= 11 is 17.5. The Morgan fingerprint density at radius 3 is 2.90 bits per heavy atom. The number of nitrogens with one attached hydrogen (secondary N) is 1. The Balaban J connectivity index is 2.23. The molecule has 7 heteroatoms. The summed E-state index contributed by atoms with van der Waals surface area (Å²) in [6.45, 7) is 0.879. The van der Waals surface area contributed by atoms with Crippen molar-refractivity contribution in [3.8, 4) is 11.3 Å². The molecule has 1 aromatic heterocycles. The van der Waals surface area contributed by atoms with Gasteiger partial charge in [-0.15, -0.1) is 0 Å². The Kier molecular flexibility index (Phi) is 4.06. The molecule has 0 saturated heterocycles. The van der Waals surface area contributed by atoms with Gasteiger partial charge in [-0.3, -0.25) is 0 Å². The molecule has 0 unspecified atom stereocenters. The fraction of sp³-hybridized carbons (Fsp3) is 0.286. The van der Waals surface area contributed by atoms with E-state index in [1.54, 1.807) is 10.7 Å². The third-order valence-corrected chi connectivity index (χ3v) is 4.54. The fourth-order valence-electron chi connectivity index (χ4n) is 2.56. The number of fused-ring (bicyclic) bond motifs is 1. The molecule has 0 saturated carbocycles. The maximum absolute atomic E-state index is 6.33. The van der Waals surface area contributed by atoms with E-state index in [9.17, 15) is 0 Å². The Hall–Kier alpha value is -1.30. The zero-order valence-electron chi connectivity index (χ0n) is 11.2. The molecule has 2 aromatic rings. The number of nitrogens with two attached hydrogens (primary N) is 1. The number of anilines is 1. The van der Waals surface area contributed by atoms with Crippen LogP contribution in [0.4, 0.5) is 5.82 Å². The molecular weight excluding hydrogens is 327 g/mol. The molecule has 1 aliphatic rings. The van der Waals surface area contributed by atoms with Crippen molar-refractivity contribution in [2.45, 2.75) is 19.3 Å². The Labute approximate surface area is 138 Å². The van der Waals surface area contributed by atoms with E-state index < -0.39 is 0 Å². The molecule has 3 N–H and O–H groups in total. The predicted octanol–water partition coefficient (Wildman–Crippen LogP) is 3.70. The summed E-state index contributed by atoms with van der Waals surface area (Å²) in [5.41, 5.74) is 8.46. The number of hydrogen-bond donors (Lipinski definition) is 2. The smallest absolute Gasteiger partial charge is 0.193 e. The molecule has 0 bridgehead atoms. The molecule has 0 fully saturated rings. The fourth-order valence-corrected chi connectivity index (χ4v) is 3.09. The summed E-state index contributed by atoms with van der Waals surface area (Å²) in [7, 11) is 0. The first-order valence-electron chi connectivity index (χ1n) is 6.69. The number of hydrogen-bond acceptors (Lipinski definition) is 3. The third kappa shape index (κ3) is 2.61. The van der Waals surface area contributed by atoms with E-state index in [0.717, 1.165) is 48.4 Å². The van der Waals surface area contributed by atoms with Crippen molar-refractivity contribution in [3.05, 3.63) is 33.8 Å². The van der Waals surface area contributed by atoms with Crippen molar-refractivity contribution in [2.75, 3.05) is 11.9 Å². The van der Waals surface area contributed by atoms with Gasteiger partial charge in [-0.05, 0) is 37.5 Å². The van der Waals surface area contributed by atoms with Gasteiger partial charge >= 0.3 is 0 Å². The van der Waals surface area contributed by atoms with Crippen molar-refractivity contribution in [1.82, 2.24) is 9.78 Å². The molecular formula is C14H14Cl2N4S. The lowest BCUT2D eigenvalue weighted by Crippen LogP contribution is -2.22. The summed E-state index contributed by atoms with van der Waals surface area (Å²) in [5, 5.41) is 9.13. The quantitative estimate of drug-likeness (QED) is 0.777. The van der Waals surface area contributed by atoms with Crippen LogP contribution in [0.25, 0.3) is 11.3 Å². The monoisotopic (exact) mass is 340 g/mol. The van der Waals surface area contributed by atoms with Crippen molar-refractivity contribution in [2.24, 2.45) is 5.73 Å². The first-order chi connectivity index (χ1) is 10.1. The average Bonchev–Trinajstić information content (AvgIpc) is 2.65. The van der Waals surface area contributed by atoms with Gasteiger partial charge in [0.2, 0.25) is 0 Å². The highest BCUT2D eigenvalue weighted by Crippen LogP contribution is 2.38. The molecule has 0 atom stereocenters. The first kappa shape index (κ1) is 14.6. The first-order valence-corrected chi connectivity index (χ1v) is 7.86. The van der Waals surface area contributed by atoms with Crippen LogP contribution in [0.3, 0.4) is 0 Å². The van der Waals surface area contributed by atoms with Gasteiger partial charge in [-0.25, -0.2) is 0 Å². The molecule has 0 radical (unpaired) electrons. The molecule has 2 heterocycles. The second kappa shape index (κ2) is 5.83. The zero-order chi connectivity index (χ0) is 15.0. The van der Waals surface area contributed by atoms with Crippen molar-refractivity contribution < 1.29 is 0 Å². The van der Waals surface area contributed by atoms with Crippen LogP contribution >= 0.6 is 35.4 Å². The summed E-state index contributed by atoms with van der Waals surface area (Å²) < 4.78 is 1.57. The van der Waals surface area contributed by atoms with E-state index in [1.807, 2.05) is 12.1 Å². The number of aromatic nitrogens is 2. The van der Waals surface area contributed by atoms with Crippen LogP contribution in [-0.4, -0.2) is 21.4 Å².